The summed E-state index contributed by atoms with van der Waals surface area (Å²) in [4.78, 5) is 82.5. The maximum absolute atomic E-state index is 14.3. The maximum Gasteiger partial charge on any atom is 0.243 e. The summed E-state index contributed by atoms with van der Waals surface area (Å²) in [6, 6.07) is 12.2. The number of nitrogens with zero attached hydrogens (tertiary/aromatic N) is 2. The summed E-state index contributed by atoms with van der Waals surface area (Å²) >= 11 is 0. The Labute approximate surface area is 358 Å². The van der Waals surface area contributed by atoms with Crippen LogP contribution in [-0.2, 0) is 43.2 Å². The smallest absolute Gasteiger partial charge is 0.243 e. The van der Waals surface area contributed by atoms with Crippen LogP contribution in [0.2, 0.25) is 0 Å². The minimum absolute atomic E-state index is 0.0779. The van der Waals surface area contributed by atoms with Gasteiger partial charge in [0.1, 0.15) is 24.2 Å². The topological polar surface area (TPSA) is 268 Å². The molecule has 61 heavy (non-hydrogen) atoms. The van der Waals surface area contributed by atoms with Crippen molar-refractivity contribution in [2.75, 3.05) is 6.54 Å². The molecule has 4 aromatic rings. The van der Waals surface area contributed by atoms with E-state index in [-0.39, 0.29) is 50.5 Å². The second-order valence-corrected chi connectivity index (χ2v) is 15.6. The normalized spacial score (nSPS) is 13.1. The number of nitrogens with one attached hydrogen (secondary N) is 6. The van der Waals surface area contributed by atoms with E-state index in [1.165, 1.54) is 44.9 Å². The molecule has 2 heterocycles. The summed E-state index contributed by atoms with van der Waals surface area (Å²) in [5, 5.41) is 12.2. The molecular weight excluding hydrogens is 775 g/mol. The van der Waals surface area contributed by atoms with Crippen LogP contribution in [0, 0.1) is 0 Å². The summed E-state index contributed by atoms with van der Waals surface area (Å²) in [5.74, 6) is -3.02. The highest BCUT2D eigenvalue weighted by Gasteiger charge is 2.32. The number of carbonyl (C=O) groups is 5. The lowest BCUT2D eigenvalue weighted by molar-refractivity contribution is -0.134. The summed E-state index contributed by atoms with van der Waals surface area (Å²) in [7, 11) is 0. The van der Waals surface area contributed by atoms with Gasteiger partial charge in [0, 0.05) is 61.2 Å². The second-order valence-electron chi connectivity index (χ2n) is 15.6. The lowest BCUT2D eigenvalue weighted by Gasteiger charge is -2.26. The average molecular weight is 840 g/mol. The summed E-state index contributed by atoms with van der Waals surface area (Å²) in [5.41, 5.74) is 19.9. The first kappa shape index (κ1) is 47.5. The van der Waals surface area contributed by atoms with Crippen LogP contribution >= 0.6 is 0 Å². The van der Waals surface area contributed by atoms with Crippen LogP contribution in [0.3, 0.4) is 0 Å². The Bertz CT molecular complexity index is 1980. The minimum Gasteiger partial charge on any atom is -0.370 e. The highest BCUT2D eigenvalue weighted by Crippen LogP contribution is 2.19. The summed E-state index contributed by atoms with van der Waals surface area (Å²) < 4.78 is 0. The van der Waals surface area contributed by atoms with E-state index in [9.17, 15) is 24.0 Å². The first-order valence-electron chi connectivity index (χ1n) is 21.6. The van der Waals surface area contributed by atoms with Crippen molar-refractivity contribution >= 4 is 46.4 Å². The quantitative estimate of drug-likeness (QED) is 0.0221. The van der Waals surface area contributed by atoms with Gasteiger partial charge in [-0.15, -0.1) is 0 Å². The second kappa shape index (κ2) is 26.1. The molecule has 330 valence electrons. The van der Waals surface area contributed by atoms with E-state index in [0.29, 0.717) is 18.5 Å². The monoisotopic (exact) mass is 840 g/mol. The van der Waals surface area contributed by atoms with Crippen LogP contribution in [0.15, 0.2) is 78.3 Å². The molecule has 0 aliphatic carbocycles. The third-order valence-electron chi connectivity index (χ3n) is 10.6. The van der Waals surface area contributed by atoms with E-state index in [1.54, 1.807) is 12.4 Å². The Hall–Kier alpha value is -6.19. The SMILES string of the molecule is CCCCCCCCCCCCC(=O)N[C@@H](Cc1cnc[nH]1)C(=O)N[C@H](Cc1ccccc1)C(=O)N[C@@H](CCCN=C(N)N)C(=O)N[C@@H](Cc1c[nH]c2ccccc12)C(N)=O. The number of amides is 5. The van der Waals surface area contributed by atoms with Crippen molar-refractivity contribution < 1.29 is 24.0 Å². The molecule has 5 amide bonds. The van der Waals surface area contributed by atoms with Crippen molar-refractivity contribution in [2.45, 2.75) is 134 Å². The number of primary amides is 1. The number of H-pyrrole nitrogens is 2. The molecule has 0 saturated carbocycles. The van der Waals surface area contributed by atoms with Crippen molar-refractivity contribution in [1.29, 1.82) is 0 Å². The van der Waals surface area contributed by atoms with Gasteiger partial charge < -0.3 is 48.4 Å². The van der Waals surface area contributed by atoms with Crippen molar-refractivity contribution in [1.82, 2.24) is 36.2 Å². The van der Waals surface area contributed by atoms with Gasteiger partial charge in [-0.1, -0.05) is 113 Å². The highest BCUT2D eigenvalue weighted by molar-refractivity contribution is 5.96. The van der Waals surface area contributed by atoms with Gasteiger partial charge in [0.05, 0.1) is 6.33 Å². The number of imidazole rings is 1. The molecule has 16 heteroatoms. The number of fused-ring (bicyclic) bond motifs is 1. The van der Waals surface area contributed by atoms with Crippen LogP contribution in [0.5, 0.6) is 0 Å². The fourth-order valence-electron chi connectivity index (χ4n) is 7.26. The number of nitrogens with two attached hydrogens (primary N) is 3. The molecule has 2 aromatic carbocycles. The number of rotatable bonds is 29. The highest BCUT2D eigenvalue weighted by atomic mass is 16.2. The van der Waals surface area contributed by atoms with Gasteiger partial charge in [0.2, 0.25) is 29.5 Å². The molecule has 0 aliphatic heterocycles. The number of para-hydroxylation sites is 1. The number of aliphatic imine (C=N–C) groups is 1. The van der Waals surface area contributed by atoms with Crippen LogP contribution in [-0.4, -0.2) is 81.2 Å². The van der Waals surface area contributed by atoms with Gasteiger partial charge in [-0.05, 0) is 36.5 Å². The third-order valence-corrected chi connectivity index (χ3v) is 10.6. The van der Waals surface area contributed by atoms with Crippen LogP contribution in [0.25, 0.3) is 10.9 Å². The van der Waals surface area contributed by atoms with Crippen LogP contribution in [0.4, 0.5) is 0 Å². The standard InChI is InChI=1S/C45H65N11O5/c1-2-3-4-5-6-7-8-9-10-14-23-40(57)53-39(27-33-29-49-30-52-33)44(61)56-38(25-31-18-12-11-13-19-31)43(60)54-36(22-17-24-50-45(47)48)42(59)55-37(41(46)58)26-32-28-51-35-21-16-15-20-34(32)35/h11-13,15-16,18-21,28-30,36-39,51H,2-10,14,17,22-27H2,1H3,(H2,46,58)(H,49,52)(H,53,57)(H,54,60)(H,55,59)(H,56,61)(H4,47,48,50)/t36-,37-,38+,39-/m0/s1. The Morgan fingerprint density at radius 2 is 1.26 bits per heavy atom. The van der Waals surface area contributed by atoms with Crippen molar-refractivity contribution in [2.24, 2.45) is 22.2 Å². The number of aromatic amines is 2. The molecule has 0 spiro atoms. The molecule has 16 nitrogen and oxygen atoms in total. The Kier molecular flexibility index (Phi) is 20.3. The average Bonchev–Trinajstić information content (AvgIpc) is 3.92. The van der Waals surface area contributed by atoms with E-state index >= 15 is 0 Å². The van der Waals surface area contributed by atoms with Crippen molar-refractivity contribution in [3.05, 3.63) is 90.1 Å². The minimum atomic E-state index is -1.16. The molecule has 0 radical (unpaired) electrons. The molecule has 4 atom stereocenters. The molecular formula is C45H65N11O5. The Morgan fingerprint density at radius 1 is 0.656 bits per heavy atom. The van der Waals surface area contributed by atoms with E-state index < -0.39 is 47.8 Å². The largest absolute Gasteiger partial charge is 0.370 e. The maximum atomic E-state index is 14.3. The Morgan fingerprint density at radius 3 is 1.92 bits per heavy atom. The summed E-state index contributed by atoms with van der Waals surface area (Å²) in [6.07, 6.45) is 17.1. The van der Waals surface area contributed by atoms with E-state index in [1.807, 2.05) is 54.6 Å². The third kappa shape index (κ3) is 17.1. The molecule has 0 unspecified atom stereocenters. The van der Waals surface area contributed by atoms with E-state index in [4.69, 9.17) is 17.2 Å². The predicted molar refractivity (Wildman–Crippen MR) is 238 cm³/mol. The van der Waals surface area contributed by atoms with Gasteiger partial charge in [-0.3, -0.25) is 29.0 Å². The number of guanidine groups is 1. The first-order valence-corrected chi connectivity index (χ1v) is 21.6. The molecule has 0 fully saturated rings. The molecule has 4 rings (SSSR count). The fraction of sp³-hybridized carbons (Fsp3) is 0.489. The van der Waals surface area contributed by atoms with Gasteiger partial charge in [-0.2, -0.15) is 0 Å². The lowest BCUT2D eigenvalue weighted by Crippen LogP contribution is -2.59. The molecule has 0 saturated heterocycles. The summed E-state index contributed by atoms with van der Waals surface area (Å²) in [6.45, 7) is 2.39. The zero-order valence-corrected chi connectivity index (χ0v) is 35.4. The molecule has 2 aromatic heterocycles. The number of hydrogen-bond acceptors (Lipinski definition) is 7. The number of benzene rings is 2. The van der Waals surface area contributed by atoms with Gasteiger partial charge >= 0.3 is 0 Å². The van der Waals surface area contributed by atoms with Crippen molar-refractivity contribution in [3.8, 4) is 0 Å². The fourth-order valence-corrected chi connectivity index (χ4v) is 7.26. The lowest BCUT2D eigenvalue weighted by atomic mass is 10.0. The zero-order chi connectivity index (χ0) is 43.8. The van der Waals surface area contributed by atoms with Crippen LogP contribution < -0.4 is 38.5 Å². The zero-order valence-electron chi connectivity index (χ0n) is 35.4. The molecule has 0 bridgehead atoms. The van der Waals surface area contributed by atoms with E-state index in [2.05, 4.69) is 48.1 Å². The predicted octanol–water partition coefficient (Wildman–Crippen LogP) is 3.71. The van der Waals surface area contributed by atoms with Gasteiger partial charge in [-0.25, -0.2) is 4.98 Å². The van der Waals surface area contributed by atoms with E-state index in [0.717, 1.165) is 41.3 Å². The number of hydrogen-bond donors (Lipinski definition) is 9. The molecule has 12 N–H and O–H groups in total. The number of carbonyl (C=O) groups excluding carboxylic acids is 5. The molecule has 0 aliphatic rings. The van der Waals surface area contributed by atoms with Crippen molar-refractivity contribution in [3.63, 3.8) is 0 Å². The number of aromatic nitrogens is 3. The van der Waals surface area contributed by atoms with Gasteiger partial charge in [0.25, 0.3) is 0 Å². The number of unbranched alkanes of at least 4 members (excludes halogenated alkanes) is 9. The van der Waals surface area contributed by atoms with Crippen LogP contribution in [0.1, 0.15) is 107 Å². The Balaban J connectivity index is 1.46. The first-order chi connectivity index (χ1) is 29.5. The van der Waals surface area contributed by atoms with Gasteiger partial charge in [0.15, 0.2) is 5.96 Å².